The number of benzene rings is 1. The number of methoxy groups -OCH3 is 1. The monoisotopic (exact) mass is 460 g/mol. The average Bonchev–Trinajstić information content (AvgIpc) is 3.16. The Bertz CT molecular complexity index is 1470. The number of fused-ring (bicyclic) bond motifs is 1. The number of nitrogens with one attached hydrogen (secondary N) is 1. The van der Waals surface area contributed by atoms with E-state index >= 15 is 0 Å². The van der Waals surface area contributed by atoms with Crippen molar-refractivity contribution < 1.29 is 31.8 Å². The fourth-order valence-electron chi connectivity index (χ4n) is 3.05. The summed E-state index contributed by atoms with van der Waals surface area (Å²) in [5.41, 5.74) is 1.16. The maximum absolute atomic E-state index is 14.0. The first kappa shape index (κ1) is 21.2. The molecule has 12 heteroatoms. The van der Waals surface area contributed by atoms with Gasteiger partial charge in [-0.05, 0) is 30.3 Å². The number of rotatable bonds is 6. The molecular formula is C20H14F2N4O5S. The molecule has 0 radical (unpaired) electrons. The van der Waals surface area contributed by atoms with Gasteiger partial charge in [0.1, 0.15) is 27.9 Å². The lowest BCUT2D eigenvalue weighted by Crippen LogP contribution is -2.15. The van der Waals surface area contributed by atoms with Gasteiger partial charge in [-0.25, -0.2) is 32.0 Å². The molecule has 2 N–H and O–H groups in total. The Morgan fingerprint density at radius 3 is 2.56 bits per heavy atom. The van der Waals surface area contributed by atoms with Crippen LogP contribution in [0, 0.1) is 11.6 Å². The largest absolute Gasteiger partial charge is 0.480 e. The van der Waals surface area contributed by atoms with Gasteiger partial charge in [-0.15, -0.1) is 0 Å². The molecule has 164 valence electrons. The standard InChI is InChI=1S/C20H14F2N4O5S/c1-31-19-15(25-32(29,30)17-4-3-13(21)7-14(17)22)6-12(8-24-19)11-2-5-18-23-9-16(20(27)28)26(18)10-11/h2-10,25H,1H3,(H,27,28). The predicted octanol–water partition coefficient (Wildman–Crippen LogP) is 3.18. The zero-order valence-corrected chi connectivity index (χ0v) is 17.1. The fourth-order valence-corrected chi connectivity index (χ4v) is 4.16. The quantitative estimate of drug-likeness (QED) is 0.453. The van der Waals surface area contributed by atoms with Crippen LogP contribution >= 0.6 is 0 Å². The van der Waals surface area contributed by atoms with E-state index in [0.717, 1.165) is 12.1 Å². The van der Waals surface area contributed by atoms with E-state index in [2.05, 4.69) is 14.7 Å². The topological polar surface area (TPSA) is 123 Å². The highest BCUT2D eigenvalue weighted by molar-refractivity contribution is 7.92. The molecule has 0 unspecified atom stereocenters. The lowest BCUT2D eigenvalue weighted by Gasteiger charge is -2.13. The summed E-state index contributed by atoms with van der Waals surface area (Å²) < 4.78 is 61.2. The van der Waals surface area contributed by atoms with Gasteiger partial charge in [0.15, 0.2) is 5.69 Å². The van der Waals surface area contributed by atoms with E-state index in [1.807, 2.05) is 0 Å². The van der Waals surface area contributed by atoms with Crippen molar-refractivity contribution in [1.82, 2.24) is 14.4 Å². The van der Waals surface area contributed by atoms with Crippen LogP contribution in [0.25, 0.3) is 16.8 Å². The van der Waals surface area contributed by atoms with Crippen molar-refractivity contribution in [2.24, 2.45) is 0 Å². The van der Waals surface area contributed by atoms with E-state index < -0.39 is 32.5 Å². The van der Waals surface area contributed by atoms with Crippen LogP contribution in [0.3, 0.4) is 0 Å². The van der Waals surface area contributed by atoms with Gasteiger partial charge in [-0.3, -0.25) is 9.12 Å². The molecular weight excluding hydrogens is 446 g/mol. The summed E-state index contributed by atoms with van der Waals surface area (Å²) in [6.45, 7) is 0. The lowest BCUT2D eigenvalue weighted by molar-refractivity contribution is 0.0689. The second kappa shape index (κ2) is 7.89. The first-order chi connectivity index (χ1) is 15.2. The van der Waals surface area contributed by atoms with E-state index in [4.69, 9.17) is 4.74 Å². The predicted molar refractivity (Wildman–Crippen MR) is 109 cm³/mol. The molecule has 0 aliphatic rings. The second-order valence-corrected chi connectivity index (χ2v) is 8.21. The van der Waals surface area contributed by atoms with Crippen molar-refractivity contribution >= 4 is 27.3 Å². The number of aromatic nitrogens is 3. The zero-order chi connectivity index (χ0) is 23.0. The normalized spacial score (nSPS) is 11.5. The second-order valence-electron chi connectivity index (χ2n) is 6.56. The van der Waals surface area contributed by atoms with Crippen molar-refractivity contribution in [2.45, 2.75) is 4.90 Å². The van der Waals surface area contributed by atoms with Crippen LogP contribution < -0.4 is 9.46 Å². The smallest absolute Gasteiger partial charge is 0.354 e. The number of pyridine rings is 2. The van der Waals surface area contributed by atoms with Crippen LogP contribution in [0.2, 0.25) is 0 Å². The number of aromatic carboxylic acids is 1. The maximum Gasteiger partial charge on any atom is 0.354 e. The average molecular weight is 460 g/mol. The van der Waals surface area contributed by atoms with Crippen LogP contribution in [-0.4, -0.2) is 41.0 Å². The van der Waals surface area contributed by atoms with Gasteiger partial charge in [-0.1, -0.05) is 0 Å². The molecule has 0 saturated carbocycles. The summed E-state index contributed by atoms with van der Waals surface area (Å²) in [4.78, 5) is 18.7. The molecule has 4 aromatic rings. The number of carboxylic acids is 1. The first-order valence-electron chi connectivity index (χ1n) is 8.92. The third-order valence-corrected chi connectivity index (χ3v) is 5.93. The van der Waals surface area contributed by atoms with Crippen molar-refractivity contribution in [3.05, 3.63) is 72.3 Å². The Labute approximate surface area is 180 Å². The SMILES string of the molecule is COc1ncc(-c2ccc3ncc(C(=O)O)n3c2)cc1NS(=O)(=O)c1ccc(F)cc1F. The highest BCUT2D eigenvalue weighted by Crippen LogP contribution is 2.31. The first-order valence-corrected chi connectivity index (χ1v) is 10.4. The highest BCUT2D eigenvalue weighted by atomic mass is 32.2. The third kappa shape index (κ3) is 3.83. The van der Waals surface area contributed by atoms with Gasteiger partial charge in [0.2, 0.25) is 5.88 Å². The van der Waals surface area contributed by atoms with E-state index in [0.29, 0.717) is 22.8 Å². The van der Waals surface area contributed by atoms with Gasteiger partial charge in [0.05, 0.1) is 13.3 Å². The van der Waals surface area contributed by atoms with Crippen molar-refractivity contribution in [3.63, 3.8) is 0 Å². The van der Waals surface area contributed by atoms with E-state index in [-0.39, 0.29) is 17.3 Å². The van der Waals surface area contributed by atoms with Crippen LogP contribution in [0.1, 0.15) is 10.5 Å². The summed E-state index contributed by atoms with van der Waals surface area (Å²) in [5, 5.41) is 9.30. The number of carboxylic acid groups (broad SMARTS) is 1. The molecule has 0 fully saturated rings. The molecule has 9 nitrogen and oxygen atoms in total. The summed E-state index contributed by atoms with van der Waals surface area (Å²) >= 11 is 0. The van der Waals surface area contributed by atoms with E-state index in [1.165, 1.54) is 36.2 Å². The number of halogens is 2. The summed E-state index contributed by atoms with van der Waals surface area (Å²) in [7, 11) is -3.17. The molecule has 32 heavy (non-hydrogen) atoms. The van der Waals surface area contributed by atoms with E-state index in [1.54, 1.807) is 12.1 Å². The Balaban J connectivity index is 1.77. The van der Waals surface area contributed by atoms with E-state index in [9.17, 15) is 27.1 Å². The zero-order valence-electron chi connectivity index (χ0n) is 16.3. The van der Waals surface area contributed by atoms with Crippen molar-refractivity contribution in [1.29, 1.82) is 0 Å². The summed E-state index contributed by atoms with van der Waals surface area (Å²) in [5.74, 6) is -3.43. The lowest BCUT2D eigenvalue weighted by atomic mass is 10.1. The van der Waals surface area contributed by atoms with Crippen LogP contribution in [0.4, 0.5) is 14.5 Å². The minimum Gasteiger partial charge on any atom is -0.480 e. The minimum absolute atomic E-state index is 0.0592. The molecule has 0 aliphatic carbocycles. The van der Waals surface area contributed by atoms with Crippen molar-refractivity contribution in [3.8, 4) is 17.0 Å². The van der Waals surface area contributed by atoms with Crippen LogP contribution in [0.5, 0.6) is 5.88 Å². The summed E-state index contributed by atoms with van der Waals surface area (Å²) in [6, 6.07) is 6.71. The minimum atomic E-state index is -4.44. The fraction of sp³-hybridized carbons (Fsp3) is 0.0500. The summed E-state index contributed by atoms with van der Waals surface area (Å²) in [6.07, 6.45) is 4.12. The number of hydrogen-bond donors (Lipinski definition) is 2. The Kier molecular flexibility index (Phi) is 5.22. The van der Waals surface area contributed by atoms with Crippen molar-refractivity contribution in [2.75, 3.05) is 11.8 Å². The van der Waals surface area contributed by atoms with Gasteiger partial charge >= 0.3 is 5.97 Å². The Hall–Kier alpha value is -4.06. The Morgan fingerprint density at radius 2 is 1.88 bits per heavy atom. The van der Waals surface area contributed by atoms with Gasteiger partial charge < -0.3 is 9.84 Å². The Morgan fingerprint density at radius 1 is 1.09 bits per heavy atom. The van der Waals surface area contributed by atoms with Gasteiger partial charge in [0.25, 0.3) is 10.0 Å². The molecule has 0 bridgehead atoms. The molecule has 3 aromatic heterocycles. The number of nitrogens with zero attached hydrogens (tertiary/aromatic N) is 3. The van der Waals surface area contributed by atoms with Gasteiger partial charge in [0, 0.05) is 29.6 Å². The van der Waals surface area contributed by atoms with Crippen LogP contribution in [0.15, 0.2) is 59.9 Å². The number of imidazole rings is 1. The molecule has 0 spiro atoms. The number of ether oxygens (including phenoxy) is 1. The molecule has 0 atom stereocenters. The number of anilines is 1. The third-order valence-electron chi connectivity index (χ3n) is 4.53. The maximum atomic E-state index is 14.0. The highest BCUT2D eigenvalue weighted by Gasteiger charge is 2.22. The molecule has 0 amide bonds. The molecule has 4 rings (SSSR count). The molecule has 0 aliphatic heterocycles. The van der Waals surface area contributed by atoms with Gasteiger partial charge in [-0.2, -0.15) is 0 Å². The number of sulfonamides is 1. The molecule has 0 saturated heterocycles. The number of carbonyl (C=O) groups is 1. The molecule has 3 heterocycles. The number of hydrogen-bond acceptors (Lipinski definition) is 6. The molecule has 1 aromatic carbocycles. The van der Waals surface area contributed by atoms with Crippen LogP contribution in [-0.2, 0) is 10.0 Å².